The van der Waals surface area contributed by atoms with E-state index < -0.39 is 0 Å². The third-order valence-electron chi connectivity index (χ3n) is 2.69. The minimum atomic E-state index is -0.280. The van der Waals surface area contributed by atoms with Crippen molar-refractivity contribution in [2.45, 2.75) is 26.2 Å². The Morgan fingerprint density at radius 3 is 2.70 bits per heavy atom. The van der Waals surface area contributed by atoms with Gasteiger partial charge in [0.15, 0.2) is 0 Å². The van der Waals surface area contributed by atoms with Gasteiger partial charge in [-0.05, 0) is 25.0 Å². The van der Waals surface area contributed by atoms with Gasteiger partial charge in [-0.25, -0.2) is 0 Å². The molecule has 0 aliphatic rings. The Bertz CT molecular complexity index is 453. The molecule has 0 saturated heterocycles. The van der Waals surface area contributed by atoms with Gasteiger partial charge in [-0.2, -0.15) is 0 Å². The number of benzene rings is 1. The molecule has 4 nitrogen and oxygen atoms in total. The number of halogens is 2. The number of carbonyl (C=O) groups is 1. The van der Waals surface area contributed by atoms with E-state index in [2.05, 4.69) is 12.2 Å². The molecule has 20 heavy (non-hydrogen) atoms. The maximum absolute atomic E-state index is 12.0. The molecule has 0 atom stereocenters. The second kappa shape index (κ2) is 9.06. The zero-order valence-corrected chi connectivity index (χ0v) is 13.1. The maximum atomic E-state index is 12.0. The lowest BCUT2D eigenvalue weighted by atomic mass is 10.2. The molecule has 0 spiro atoms. The quantitative estimate of drug-likeness (QED) is 0.569. The number of ether oxygens (including phenoxy) is 1. The first-order valence-corrected chi connectivity index (χ1v) is 7.42. The van der Waals surface area contributed by atoms with Crippen LogP contribution in [0.5, 0.6) is 0 Å². The zero-order valence-electron chi connectivity index (χ0n) is 11.5. The SMILES string of the molecule is CCCCOCCCNC(=O)c1cc(N)cc(Cl)c1Cl. The molecule has 1 amide bonds. The van der Waals surface area contributed by atoms with Gasteiger partial charge >= 0.3 is 0 Å². The number of nitrogen functional groups attached to an aromatic ring is 1. The summed E-state index contributed by atoms with van der Waals surface area (Å²) < 4.78 is 5.41. The minimum absolute atomic E-state index is 0.220. The van der Waals surface area contributed by atoms with Crippen molar-refractivity contribution in [2.75, 3.05) is 25.5 Å². The van der Waals surface area contributed by atoms with E-state index in [1.54, 1.807) is 0 Å². The molecule has 6 heteroatoms. The van der Waals surface area contributed by atoms with Crippen LogP contribution in [0.4, 0.5) is 5.69 Å². The van der Waals surface area contributed by atoms with E-state index in [1.165, 1.54) is 12.1 Å². The lowest BCUT2D eigenvalue weighted by Gasteiger charge is -2.09. The number of nitrogens with two attached hydrogens (primary N) is 1. The molecule has 3 N–H and O–H groups in total. The molecule has 1 aromatic carbocycles. The Balaban J connectivity index is 2.36. The highest BCUT2D eigenvalue weighted by Crippen LogP contribution is 2.28. The average molecular weight is 319 g/mol. The van der Waals surface area contributed by atoms with Crippen molar-refractivity contribution in [3.05, 3.63) is 27.7 Å². The normalized spacial score (nSPS) is 10.6. The van der Waals surface area contributed by atoms with Crippen LogP contribution in [-0.4, -0.2) is 25.7 Å². The first-order chi connectivity index (χ1) is 9.56. The van der Waals surface area contributed by atoms with E-state index in [0.717, 1.165) is 25.9 Å². The molecule has 0 aliphatic carbocycles. The first-order valence-electron chi connectivity index (χ1n) is 6.66. The number of rotatable bonds is 8. The molecular weight excluding hydrogens is 299 g/mol. The first kappa shape index (κ1) is 17.1. The largest absolute Gasteiger partial charge is 0.399 e. The van der Waals surface area contributed by atoms with Gasteiger partial charge in [-0.3, -0.25) is 4.79 Å². The summed E-state index contributed by atoms with van der Waals surface area (Å²) in [5.41, 5.74) is 6.35. The summed E-state index contributed by atoms with van der Waals surface area (Å²) in [6, 6.07) is 3.03. The second-order valence-electron chi connectivity index (χ2n) is 4.44. The van der Waals surface area contributed by atoms with Crippen LogP contribution >= 0.6 is 23.2 Å². The summed E-state index contributed by atoms with van der Waals surface area (Å²) in [6.45, 7) is 4.03. The fourth-order valence-electron chi connectivity index (χ4n) is 1.60. The van der Waals surface area contributed by atoms with Gasteiger partial charge in [0, 0.05) is 25.4 Å². The molecule has 0 bridgehead atoms. The Kier molecular flexibility index (Phi) is 7.73. The van der Waals surface area contributed by atoms with Crippen molar-refractivity contribution in [3.63, 3.8) is 0 Å². The molecule has 1 aromatic rings. The van der Waals surface area contributed by atoms with Gasteiger partial charge < -0.3 is 15.8 Å². The van der Waals surface area contributed by atoms with Crippen LogP contribution < -0.4 is 11.1 Å². The van der Waals surface area contributed by atoms with Gasteiger partial charge in [-0.1, -0.05) is 36.5 Å². The van der Waals surface area contributed by atoms with Crippen molar-refractivity contribution in [1.82, 2.24) is 5.32 Å². The number of anilines is 1. The monoisotopic (exact) mass is 318 g/mol. The number of unbranched alkanes of at least 4 members (excludes halogenated alkanes) is 1. The Morgan fingerprint density at radius 1 is 1.30 bits per heavy atom. The highest BCUT2D eigenvalue weighted by molar-refractivity contribution is 6.44. The van der Waals surface area contributed by atoms with Crippen molar-refractivity contribution in [3.8, 4) is 0 Å². The highest BCUT2D eigenvalue weighted by atomic mass is 35.5. The van der Waals surface area contributed by atoms with Gasteiger partial charge in [0.05, 0.1) is 15.6 Å². The number of hydrogen-bond donors (Lipinski definition) is 2. The molecule has 0 aliphatic heterocycles. The number of nitrogens with one attached hydrogen (secondary N) is 1. The van der Waals surface area contributed by atoms with E-state index in [-0.39, 0.29) is 16.0 Å². The molecule has 0 heterocycles. The summed E-state index contributed by atoms with van der Waals surface area (Å²) in [6.07, 6.45) is 2.93. The van der Waals surface area contributed by atoms with E-state index in [1.807, 2.05) is 0 Å². The molecular formula is C14H20Cl2N2O2. The molecule has 1 rings (SSSR count). The molecule has 0 fully saturated rings. The number of amides is 1. The zero-order chi connectivity index (χ0) is 15.0. The lowest BCUT2D eigenvalue weighted by molar-refractivity contribution is 0.0940. The van der Waals surface area contributed by atoms with Crippen molar-refractivity contribution >= 4 is 34.8 Å². The predicted octanol–water partition coefficient (Wildman–Crippen LogP) is 3.51. The third-order valence-corrected chi connectivity index (χ3v) is 3.49. The minimum Gasteiger partial charge on any atom is -0.399 e. The van der Waals surface area contributed by atoms with E-state index in [9.17, 15) is 4.79 Å². The van der Waals surface area contributed by atoms with Crippen molar-refractivity contribution < 1.29 is 9.53 Å². The van der Waals surface area contributed by atoms with Crippen LogP contribution in [0.3, 0.4) is 0 Å². The summed E-state index contributed by atoms with van der Waals surface area (Å²) in [4.78, 5) is 12.0. The van der Waals surface area contributed by atoms with E-state index in [0.29, 0.717) is 24.4 Å². The van der Waals surface area contributed by atoms with Gasteiger partial charge in [0.1, 0.15) is 0 Å². The smallest absolute Gasteiger partial charge is 0.252 e. The molecule has 0 saturated carbocycles. The predicted molar refractivity (Wildman–Crippen MR) is 83.6 cm³/mol. The fourth-order valence-corrected chi connectivity index (χ4v) is 2.02. The summed E-state index contributed by atoms with van der Waals surface area (Å²) in [7, 11) is 0. The summed E-state index contributed by atoms with van der Waals surface area (Å²) >= 11 is 11.9. The van der Waals surface area contributed by atoms with Crippen molar-refractivity contribution in [2.24, 2.45) is 0 Å². The number of carbonyl (C=O) groups excluding carboxylic acids is 1. The van der Waals surface area contributed by atoms with Gasteiger partial charge in [-0.15, -0.1) is 0 Å². The molecule has 0 unspecified atom stereocenters. The van der Waals surface area contributed by atoms with Crippen LogP contribution in [-0.2, 0) is 4.74 Å². The third kappa shape index (κ3) is 5.57. The lowest BCUT2D eigenvalue weighted by Crippen LogP contribution is -2.25. The maximum Gasteiger partial charge on any atom is 0.252 e. The number of hydrogen-bond acceptors (Lipinski definition) is 3. The summed E-state index contributed by atoms with van der Waals surface area (Å²) in [5.74, 6) is -0.280. The summed E-state index contributed by atoms with van der Waals surface area (Å²) in [5, 5.41) is 3.27. The van der Waals surface area contributed by atoms with E-state index >= 15 is 0 Å². The molecule has 0 aromatic heterocycles. The van der Waals surface area contributed by atoms with Gasteiger partial charge in [0.2, 0.25) is 0 Å². The van der Waals surface area contributed by atoms with Crippen LogP contribution in [0.1, 0.15) is 36.5 Å². The Hall–Kier alpha value is -0.970. The van der Waals surface area contributed by atoms with Crippen LogP contribution in [0.2, 0.25) is 10.0 Å². The van der Waals surface area contributed by atoms with Crippen LogP contribution in [0.15, 0.2) is 12.1 Å². The fraction of sp³-hybridized carbons (Fsp3) is 0.500. The Labute approximate surface area is 129 Å². The Morgan fingerprint density at radius 2 is 2.00 bits per heavy atom. The molecule has 0 radical (unpaired) electrons. The highest BCUT2D eigenvalue weighted by Gasteiger charge is 2.13. The van der Waals surface area contributed by atoms with Gasteiger partial charge in [0.25, 0.3) is 5.91 Å². The van der Waals surface area contributed by atoms with E-state index in [4.69, 9.17) is 33.7 Å². The second-order valence-corrected chi connectivity index (χ2v) is 5.22. The van der Waals surface area contributed by atoms with Crippen LogP contribution in [0.25, 0.3) is 0 Å². The average Bonchev–Trinajstić information content (AvgIpc) is 2.41. The topological polar surface area (TPSA) is 64.3 Å². The van der Waals surface area contributed by atoms with Crippen LogP contribution in [0, 0.1) is 0 Å². The standard InChI is InChI=1S/C14H20Cl2N2O2/c1-2-3-6-20-7-4-5-18-14(19)11-8-10(17)9-12(15)13(11)16/h8-9H,2-7,17H2,1H3,(H,18,19). The molecule has 112 valence electrons. The van der Waals surface area contributed by atoms with Crippen molar-refractivity contribution in [1.29, 1.82) is 0 Å².